The first-order valence-electron chi connectivity index (χ1n) is 33.0. The van der Waals surface area contributed by atoms with Gasteiger partial charge in [0.25, 0.3) is 0 Å². The molecule has 0 bridgehead atoms. The number of rotatable bonds is 8. The van der Waals surface area contributed by atoms with E-state index >= 15 is 0 Å². The highest BCUT2D eigenvalue weighted by molar-refractivity contribution is 6.15. The van der Waals surface area contributed by atoms with Crippen molar-refractivity contribution >= 4 is 109 Å². The van der Waals surface area contributed by atoms with Gasteiger partial charge >= 0.3 is 0 Å². The number of aromatic nitrogens is 4. The van der Waals surface area contributed by atoms with Crippen LogP contribution >= 0.6 is 0 Å². The van der Waals surface area contributed by atoms with E-state index in [2.05, 4.69) is 382 Å². The Labute approximate surface area is 554 Å². The third kappa shape index (κ3) is 9.06. The molecule has 96 heavy (non-hydrogen) atoms. The summed E-state index contributed by atoms with van der Waals surface area (Å²) in [5.41, 5.74) is 24.1. The zero-order valence-corrected chi connectivity index (χ0v) is 52.4. The quantitative estimate of drug-likeness (QED) is 0.144. The predicted octanol–water partition coefficient (Wildman–Crippen LogP) is 24.7. The Kier molecular flexibility index (Phi) is 12.9. The second-order valence-corrected chi connectivity index (χ2v) is 25.2. The molecule has 0 N–H and O–H groups in total. The molecule has 0 saturated heterocycles. The van der Waals surface area contributed by atoms with Gasteiger partial charge in [0, 0.05) is 65.7 Å². The molecular weight excluding hydrogens is 1160 g/mol. The van der Waals surface area contributed by atoms with Crippen molar-refractivity contribution in [2.24, 2.45) is 0 Å². The summed E-state index contributed by atoms with van der Waals surface area (Å²) in [7, 11) is 0. The minimum absolute atomic E-state index is 1.17. The number of hydrogen-bond acceptors (Lipinski definition) is 0. The second-order valence-electron chi connectivity index (χ2n) is 25.2. The average molecular weight is 1220 g/mol. The van der Waals surface area contributed by atoms with Crippen LogP contribution < -0.4 is 0 Å². The molecule has 16 aromatic carbocycles. The highest BCUT2D eigenvalue weighted by atomic mass is 15.0. The largest absolute Gasteiger partial charge is 0.309 e. The summed E-state index contributed by atoms with van der Waals surface area (Å²) in [6, 6.07) is 132. The normalized spacial score (nSPS) is 11.8. The van der Waals surface area contributed by atoms with Crippen LogP contribution in [-0.4, -0.2) is 18.3 Å². The van der Waals surface area contributed by atoms with E-state index in [4.69, 9.17) is 0 Å². The summed E-state index contributed by atoms with van der Waals surface area (Å²) < 4.78 is 9.64. The lowest BCUT2D eigenvalue weighted by Crippen LogP contribution is -1.97. The maximum absolute atomic E-state index is 2.43. The van der Waals surface area contributed by atoms with Crippen molar-refractivity contribution in [2.45, 2.75) is 0 Å². The molecular formula is C92H60N4. The van der Waals surface area contributed by atoms with Crippen LogP contribution in [0.5, 0.6) is 0 Å². The predicted molar refractivity (Wildman–Crippen MR) is 407 cm³/mol. The fraction of sp³-hybridized carbons (Fsp3) is 0. The minimum Gasteiger partial charge on any atom is -0.309 e. The van der Waals surface area contributed by atoms with Gasteiger partial charge in [-0.25, -0.2) is 0 Å². The molecule has 0 saturated carbocycles. The van der Waals surface area contributed by atoms with Gasteiger partial charge in [-0.05, 0) is 176 Å². The highest BCUT2D eigenvalue weighted by Gasteiger charge is 2.21. The van der Waals surface area contributed by atoms with Crippen LogP contribution in [0.4, 0.5) is 0 Å². The van der Waals surface area contributed by atoms with Crippen molar-refractivity contribution in [1.29, 1.82) is 0 Å². The minimum atomic E-state index is 1.17. The first-order chi connectivity index (χ1) is 47.6. The molecule has 4 aromatic heterocycles. The van der Waals surface area contributed by atoms with Crippen LogP contribution in [0.2, 0.25) is 0 Å². The summed E-state index contributed by atoms with van der Waals surface area (Å²) in [4.78, 5) is 0. The summed E-state index contributed by atoms with van der Waals surface area (Å²) >= 11 is 0. The number of benzene rings is 16. The molecule has 0 unspecified atom stereocenters. The molecule has 4 heteroatoms. The molecule has 20 aromatic rings. The molecule has 0 aliphatic carbocycles. The molecule has 448 valence electrons. The summed E-state index contributed by atoms with van der Waals surface area (Å²) in [6.07, 6.45) is 0. The second kappa shape index (κ2) is 22.5. The molecule has 4 nitrogen and oxygen atoms in total. The maximum atomic E-state index is 2.43. The molecule has 4 heterocycles. The third-order valence-corrected chi connectivity index (χ3v) is 19.8. The Morgan fingerprint density at radius 2 is 0.458 bits per heavy atom. The van der Waals surface area contributed by atoms with Gasteiger partial charge in [-0.1, -0.05) is 249 Å². The molecule has 0 fully saturated rings. The van der Waals surface area contributed by atoms with Crippen LogP contribution in [0.15, 0.2) is 364 Å². The Bertz CT molecular complexity index is 6450. The Balaban J connectivity index is 0.000000135. The van der Waals surface area contributed by atoms with E-state index in [-0.39, 0.29) is 0 Å². The first kappa shape index (κ1) is 54.9. The van der Waals surface area contributed by atoms with Crippen LogP contribution in [0, 0.1) is 0 Å². The summed E-state index contributed by atoms with van der Waals surface area (Å²) in [5.74, 6) is 0. The van der Waals surface area contributed by atoms with Crippen molar-refractivity contribution in [3.8, 4) is 67.3 Å². The van der Waals surface area contributed by atoms with Crippen molar-refractivity contribution in [1.82, 2.24) is 18.3 Å². The molecule has 20 rings (SSSR count). The van der Waals surface area contributed by atoms with E-state index < -0.39 is 0 Å². The molecule has 0 amide bonds. The molecule has 0 atom stereocenters. The van der Waals surface area contributed by atoms with Gasteiger partial charge in [-0.15, -0.1) is 0 Å². The van der Waals surface area contributed by atoms with Gasteiger partial charge in [-0.2, -0.15) is 0 Å². The molecule has 0 aliphatic rings. The van der Waals surface area contributed by atoms with Crippen molar-refractivity contribution in [2.75, 3.05) is 0 Å². The number of nitrogens with zero attached hydrogens (tertiary/aromatic N) is 4. The Morgan fingerprint density at radius 3 is 0.906 bits per heavy atom. The van der Waals surface area contributed by atoms with Gasteiger partial charge in [0.2, 0.25) is 0 Å². The van der Waals surface area contributed by atoms with Crippen LogP contribution in [0.1, 0.15) is 0 Å². The Hall–Kier alpha value is -12.8. The van der Waals surface area contributed by atoms with Gasteiger partial charge in [0.15, 0.2) is 0 Å². The standard InChI is InChI=1S/2C46H30N2/c1-2-13-32(14-3-1)37-16-6-9-19-42(37)48-44-21-11-8-18-39(44)41-30-35(24-27-46(41)48)34-23-26-45-40(29-34)38-17-7-10-20-43(38)47(45)36-25-22-31-12-4-5-15-33(31)28-36;1-2-11-31(12-3-1)34-15-10-16-37(27-34)47-43-19-8-6-17-39(43)41-29-35(22-25-45(41)47)36-23-26-46-42(30-36)40-18-7-9-20-44(40)48(46)38-24-21-32-13-4-5-14-33(32)28-38/h2*1-30H. The monoisotopic (exact) mass is 1220 g/mol. The van der Waals surface area contributed by atoms with E-state index in [1.807, 2.05) is 0 Å². The van der Waals surface area contributed by atoms with Crippen LogP contribution in [-0.2, 0) is 0 Å². The lowest BCUT2D eigenvalue weighted by atomic mass is 10.0. The zero-order valence-electron chi connectivity index (χ0n) is 52.4. The van der Waals surface area contributed by atoms with Crippen molar-refractivity contribution in [3.05, 3.63) is 364 Å². The fourth-order valence-corrected chi connectivity index (χ4v) is 15.3. The average Bonchev–Trinajstić information content (AvgIpc) is 1.60. The Morgan fingerprint density at radius 1 is 0.146 bits per heavy atom. The third-order valence-electron chi connectivity index (χ3n) is 19.8. The number of hydrogen-bond donors (Lipinski definition) is 0. The smallest absolute Gasteiger partial charge is 0.0541 e. The number of fused-ring (bicyclic) bond motifs is 14. The van der Waals surface area contributed by atoms with E-state index in [1.54, 1.807) is 0 Å². The topological polar surface area (TPSA) is 19.7 Å². The summed E-state index contributed by atoms with van der Waals surface area (Å²) in [5, 5.41) is 15.1. The van der Waals surface area contributed by atoms with E-state index in [0.717, 1.165) is 0 Å². The van der Waals surface area contributed by atoms with Crippen molar-refractivity contribution < 1.29 is 0 Å². The zero-order chi connectivity index (χ0) is 63.2. The first-order valence-corrected chi connectivity index (χ1v) is 33.0. The highest BCUT2D eigenvalue weighted by Crippen LogP contribution is 2.43. The molecule has 0 spiro atoms. The lowest BCUT2D eigenvalue weighted by Gasteiger charge is -2.14. The molecule has 0 radical (unpaired) electrons. The van der Waals surface area contributed by atoms with Crippen LogP contribution in [0.25, 0.3) is 176 Å². The fourth-order valence-electron chi connectivity index (χ4n) is 15.3. The van der Waals surface area contributed by atoms with Gasteiger partial charge < -0.3 is 18.3 Å². The van der Waals surface area contributed by atoms with Crippen LogP contribution in [0.3, 0.4) is 0 Å². The van der Waals surface area contributed by atoms with Gasteiger partial charge in [0.1, 0.15) is 0 Å². The van der Waals surface area contributed by atoms with Gasteiger partial charge in [-0.3, -0.25) is 0 Å². The lowest BCUT2D eigenvalue weighted by molar-refractivity contribution is 1.18. The van der Waals surface area contributed by atoms with E-state index in [9.17, 15) is 0 Å². The summed E-state index contributed by atoms with van der Waals surface area (Å²) in [6.45, 7) is 0. The van der Waals surface area contributed by atoms with E-state index in [1.165, 1.54) is 176 Å². The number of para-hydroxylation sites is 5. The SMILES string of the molecule is c1ccc(-c2cccc(-n3c4ccccc4c4cc(-c5ccc6c(c5)c5ccccc5n6-c5ccc6ccccc6c5)ccc43)c2)cc1.c1ccc(-c2ccccc2-n2c3ccccc3c3cc(-c4ccc5c(c4)c4ccccc4n5-c4ccc5ccccc5c4)ccc32)cc1. The molecule has 0 aliphatic heterocycles. The van der Waals surface area contributed by atoms with Crippen molar-refractivity contribution in [3.63, 3.8) is 0 Å². The maximum Gasteiger partial charge on any atom is 0.0541 e. The van der Waals surface area contributed by atoms with Gasteiger partial charge in [0.05, 0.1) is 49.8 Å². The van der Waals surface area contributed by atoms with E-state index in [0.29, 0.717) is 0 Å².